The van der Waals surface area contributed by atoms with E-state index in [1.54, 1.807) is 0 Å². The third-order valence-corrected chi connectivity index (χ3v) is 3.66. The first-order valence-corrected chi connectivity index (χ1v) is 7.21. The van der Waals surface area contributed by atoms with Gasteiger partial charge in [-0.3, -0.25) is 10.1 Å². The van der Waals surface area contributed by atoms with Crippen LogP contribution in [0.3, 0.4) is 0 Å². The van der Waals surface area contributed by atoms with Crippen molar-refractivity contribution in [3.8, 4) is 5.75 Å². The summed E-state index contributed by atoms with van der Waals surface area (Å²) in [6.45, 7) is 6.85. The SMILES string of the molecule is CCCNC(C)C(CC)c1cc(OC)c(F)cc1[N+](=O)[O-]. The number of rotatable bonds is 8. The highest BCUT2D eigenvalue weighted by Crippen LogP contribution is 2.35. The standard InChI is InChI=1S/C15H23FN2O3/c1-5-7-17-10(3)11(6-2)12-8-15(21-4)13(16)9-14(12)18(19)20/h8-11,17H,5-7H2,1-4H3. The zero-order chi connectivity index (χ0) is 16.0. The Hall–Kier alpha value is -1.69. The summed E-state index contributed by atoms with van der Waals surface area (Å²) in [6.07, 6.45) is 1.70. The van der Waals surface area contributed by atoms with E-state index in [0.717, 1.165) is 19.0 Å². The Morgan fingerprint density at radius 3 is 2.57 bits per heavy atom. The highest BCUT2D eigenvalue weighted by atomic mass is 19.1. The molecule has 0 aliphatic carbocycles. The van der Waals surface area contributed by atoms with Crippen molar-refractivity contribution >= 4 is 5.69 Å². The maximum absolute atomic E-state index is 13.7. The minimum atomic E-state index is -0.711. The minimum absolute atomic E-state index is 0.0386. The van der Waals surface area contributed by atoms with E-state index in [0.29, 0.717) is 12.0 Å². The van der Waals surface area contributed by atoms with E-state index in [2.05, 4.69) is 12.2 Å². The summed E-state index contributed by atoms with van der Waals surface area (Å²) in [5.74, 6) is -0.750. The second-order valence-electron chi connectivity index (χ2n) is 5.06. The van der Waals surface area contributed by atoms with E-state index in [9.17, 15) is 14.5 Å². The lowest BCUT2D eigenvalue weighted by Gasteiger charge is -2.24. The summed E-state index contributed by atoms with van der Waals surface area (Å²) in [5.41, 5.74) is 0.321. The molecule has 0 bridgehead atoms. The smallest absolute Gasteiger partial charge is 0.276 e. The predicted molar refractivity (Wildman–Crippen MR) is 80.4 cm³/mol. The first-order valence-electron chi connectivity index (χ1n) is 7.21. The summed E-state index contributed by atoms with van der Waals surface area (Å²) in [7, 11) is 1.35. The molecule has 0 aliphatic rings. The molecule has 1 aromatic rings. The van der Waals surface area contributed by atoms with E-state index >= 15 is 0 Å². The average Bonchev–Trinajstić information content (AvgIpc) is 2.46. The number of nitro benzene ring substituents is 1. The van der Waals surface area contributed by atoms with Crippen LogP contribution in [0, 0.1) is 15.9 Å². The van der Waals surface area contributed by atoms with Crippen LogP contribution in [0.15, 0.2) is 12.1 Å². The van der Waals surface area contributed by atoms with Gasteiger partial charge in [-0.15, -0.1) is 0 Å². The monoisotopic (exact) mass is 298 g/mol. The van der Waals surface area contributed by atoms with Crippen molar-refractivity contribution in [2.75, 3.05) is 13.7 Å². The lowest BCUT2D eigenvalue weighted by Crippen LogP contribution is -2.32. The number of nitro groups is 1. The molecule has 0 aliphatic heterocycles. The molecular formula is C15H23FN2O3. The van der Waals surface area contributed by atoms with Gasteiger partial charge in [0, 0.05) is 17.5 Å². The number of halogens is 1. The number of hydrogen-bond acceptors (Lipinski definition) is 4. The number of benzene rings is 1. The molecule has 1 rings (SSSR count). The summed E-state index contributed by atoms with van der Waals surface area (Å²) >= 11 is 0. The van der Waals surface area contributed by atoms with Gasteiger partial charge in [0.15, 0.2) is 11.6 Å². The normalized spacial score (nSPS) is 13.8. The molecule has 1 aromatic carbocycles. The van der Waals surface area contributed by atoms with Crippen molar-refractivity contribution in [1.82, 2.24) is 5.32 Å². The predicted octanol–water partition coefficient (Wildman–Crippen LogP) is 3.62. The van der Waals surface area contributed by atoms with Crippen molar-refractivity contribution < 1.29 is 14.1 Å². The van der Waals surface area contributed by atoms with Gasteiger partial charge in [0.05, 0.1) is 18.1 Å². The highest BCUT2D eigenvalue weighted by molar-refractivity contribution is 5.48. The Morgan fingerprint density at radius 2 is 2.10 bits per heavy atom. The van der Waals surface area contributed by atoms with Crippen molar-refractivity contribution in [2.45, 2.75) is 45.6 Å². The molecule has 0 saturated heterocycles. The first kappa shape index (κ1) is 17.4. The molecule has 1 N–H and O–H groups in total. The fourth-order valence-corrected chi connectivity index (χ4v) is 2.53. The minimum Gasteiger partial charge on any atom is -0.494 e. The fraction of sp³-hybridized carbons (Fsp3) is 0.600. The zero-order valence-corrected chi connectivity index (χ0v) is 13.0. The largest absolute Gasteiger partial charge is 0.494 e. The molecule has 0 fully saturated rings. The number of hydrogen-bond donors (Lipinski definition) is 1. The molecular weight excluding hydrogens is 275 g/mol. The van der Waals surface area contributed by atoms with E-state index in [-0.39, 0.29) is 23.4 Å². The Kier molecular flexibility index (Phi) is 6.55. The van der Waals surface area contributed by atoms with Gasteiger partial charge in [-0.1, -0.05) is 13.8 Å². The molecule has 0 amide bonds. The van der Waals surface area contributed by atoms with Gasteiger partial charge in [0.1, 0.15) is 0 Å². The zero-order valence-electron chi connectivity index (χ0n) is 13.0. The second-order valence-corrected chi connectivity index (χ2v) is 5.06. The van der Waals surface area contributed by atoms with E-state index in [1.165, 1.54) is 13.2 Å². The summed E-state index contributed by atoms with van der Waals surface area (Å²) in [4.78, 5) is 10.7. The van der Waals surface area contributed by atoms with Crippen LogP contribution >= 0.6 is 0 Å². The Labute approximate surface area is 124 Å². The van der Waals surface area contributed by atoms with Crippen LogP contribution in [0.1, 0.15) is 45.1 Å². The molecule has 0 spiro atoms. The summed E-state index contributed by atoms with van der Waals surface area (Å²) < 4.78 is 18.7. The average molecular weight is 298 g/mol. The van der Waals surface area contributed by atoms with Gasteiger partial charge >= 0.3 is 0 Å². The molecule has 5 nitrogen and oxygen atoms in total. The van der Waals surface area contributed by atoms with E-state index in [4.69, 9.17) is 4.74 Å². The fourth-order valence-electron chi connectivity index (χ4n) is 2.53. The van der Waals surface area contributed by atoms with Crippen LogP contribution in [0.5, 0.6) is 5.75 Å². The molecule has 118 valence electrons. The molecule has 0 saturated carbocycles. The summed E-state index contributed by atoms with van der Waals surface area (Å²) in [5, 5.41) is 14.6. The van der Waals surface area contributed by atoms with Crippen LogP contribution in [0.25, 0.3) is 0 Å². The Bertz CT molecular complexity index is 494. The van der Waals surface area contributed by atoms with Gasteiger partial charge in [0.25, 0.3) is 5.69 Å². The van der Waals surface area contributed by atoms with Crippen LogP contribution in [0.4, 0.5) is 10.1 Å². The number of ether oxygens (including phenoxy) is 1. The van der Waals surface area contributed by atoms with Crippen molar-refractivity contribution in [2.24, 2.45) is 0 Å². The molecule has 6 heteroatoms. The number of nitrogens with zero attached hydrogens (tertiary/aromatic N) is 1. The molecule has 0 radical (unpaired) electrons. The van der Waals surface area contributed by atoms with Crippen LogP contribution in [-0.2, 0) is 0 Å². The highest BCUT2D eigenvalue weighted by Gasteiger charge is 2.27. The maximum atomic E-state index is 13.7. The lowest BCUT2D eigenvalue weighted by molar-refractivity contribution is -0.386. The quantitative estimate of drug-likeness (QED) is 0.588. The molecule has 2 atom stereocenters. The van der Waals surface area contributed by atoms with Crippen molar-refractivity contribution in [3.05, 3.63) is 33.6 Å². The number of nitrogens with one attached hydrogen (secondary N) is 1. The van der Waals surface area contributed by atoms with Crippen molar-refractivity contribution in [3.63, 3.8) is 0 Å². The molecule has 21 heavy (non-hydrogen) atoms. The number of methoxy groups -OCH3 is 1. The lowest BCUT2D eigenvalue weighted by atomic mass is 9.88. The Morgan fingerprint density at radius 1 is 1.43 bits per heavy atom. The van der Waals surface area contributed by atoms with Gasteiger partial charge in [-0.25, -0.2) is 4.39 Å². The van der Waals surface area contributed by atoms with Crippen LogP contribution in [0.2, 0.25) is 0 Å². The van der Waals surface area contributed by atoms with Crippen LogP contribution in [-0.4, -0.2) is 24.6 Å². The van der Waals surface area contributed by atoms with E-state index < -0.39 is 10.7 Å². The van der Waals surface area contributed by atoms with Gasteiger partial charge in [0.2, 0.25) is 0 Å². The molecule has 0 heterocycles. The van der Waals surface area contributed by atoms with Gasteiger partial charge in [-0.05, 0) is 32.4 Å². The third-order valence-electron chi connectivity index (χ3n) is 3.66. The summed E-state index contributed by atoms with van der Waals surface area (Å²) in [6, 6.07) is 2.46. The second kappa shape index (κ2) is 7.93. The maximum Gasteiger partial charge on any atom is 0.276 e. The van der Waals surface area contributed by atoms with Gasteiger partial charge in [-0.2, -0.15) is 0 Å². The van der Waals surface area contributed by atoms with Crippen molar-refractivity contribution in [1.29, 1.82) is 0 Å². The third kappa shape index (κ3) is 4.14. The van der Waals surface area contributed by atoms with E-state index in [1.807, 2.05) is 13.8 Å². The van der Waals surface area contributed by atoms with Crippen LogP contribution < -0.4 is 10.1 Å². The topological polar surface area (TPSA) is 64.4 Å². The first-order chi connectivity index (χ1) is 9.96. The molecule has 0 aromatic heterocycles. The molecule has 2 unspecified atom stereocenters. The Balaban J connectivity index is 3.25. The van der Waals surface area contributed by atoms with Gasteiger partial charge < -0.3 is 10.1 Å².